The molecule has 112 valence electrons. The van der Waals surface area contributed by atoms with Crippen LogP contribution in [-0.2, 0) is 16.6 Å². The van der Waals surface area contributed by atoms with Gasteiger partial charge in [0.1, 0.15) is 5.75 Å². The lowest BCUT2D eigenvalue weighted by atomic mass is 10.1. The quantitative estimate of drug-likeness (QED) is 0.861. The van der Waals surface area contributed by atoms with Crippen molar-refractivity contribution in [3.8, 4) is 5.75 Å². The van der Waals surface area contributed by atoms with Crippen LogP contribution in [0.25, 0.3) is 0 Å². The number of methoxy groups -OCH3 is 1. The van der Waals surface area contributed by atoms with E-state index in [1.165, 1.54) is 10.6 Å². The molecule has 1 fully saturated rings. The average molecular weight is 299 g/mol. The Bertz CT molecular complexity index is 566. The minimum atomic E-state index is -3.10. The summed E-state index contributed by atoms with van der Waals surface area (Å²) >= 11 is 0. The largest absolute Gasteiger partial charge is 0.497 e. The molecule has 0 spiro atoms. The summed E-state index contributed by atoms with van der Waals surface area (Å²) in [6.45, 7) is 2.77. The fourth-order valence-corrected chi connectivity index (χ4v) is 3.22. The molecule has 20 heavy (non-hydrogen) atoms. The molecule has 0 amide bonds. The Kier molecular flexibility index (Phi) is 4.52. The number of hydrogen-bond donors (Lipinski definition) is 1. The number of sulfonamides is 1. The van der Waals surface area contributed by atoms with Gasteiger partial charge in [0.05, 0.1) is 13.4 Å². The normalized spacial score (nSPS) is 17.2. The van der Waals surface area contributed by atoms with E-state index in [9.17, 15) is 8.42 Å². The van der Waals surface area contributed by atoms with Gasteiger partial charge in [0.15, 0.2) is 0 Å². The van der Waals surface area contributed by atoms with Gasteiger partial charge in [-0.3, -0.25) is 0 Å². The summed E-state index contributed by atoms with van der Waals surface area (Å²) in [5, 5.41) is 0. The number of benzene rings is 1. The first-order valence-electron chi connectivity index (χ1n) is 6.52. The molecule has 0 unspecified atom stereocenters. The molecule has 1 heterocycles. The molecule has 1 aromatic rings. The lowest BCUT2D eigenvalue weighted by Gasteiger charge is -2.35. The van der Waals surface area contributed by atoms with Crippen molar-refractivity contribution in [2.24, 2.45) is 5.73 Å². The first-order valence-corrected chi connectivity index (χ1v) is 8.37. The van der Waals surface area contributed by atoms with Crippen LogP contribution in [0.4, 0.5) is 5.69 Å². The van der Waals surface area contributed by atoms with Crippen molar-refractivity contribution in [1.29, 1.82) is 0 Å². The van der Waals surface area contributed by atoms with Gasteiger partial charge in [-0.1, -0.05) is 6.07 Å². The third-order valence-electron chi connectivity index (χ3n) is 3.56. The van der Waals surface area contributed by atoms with Gasteiger partial charge in [-0.15, -0.1) is 0 Å². The van der Waals surface area contributed by atoms with E-state index in [1.807, 2.05) is 18.2 Å². The number of nitrogens with zero attached hydrogens (tertiary/aromatic N) is 2. The molecular formula is C13H21N3O3S. The van der Waals surface area contributed by atoms with Crippen LogP contribution < -0.4 is 15.4 Å². The second-order valence-electron chi connectivity index (χ2n) is 4.85. The number of nitrogens with two attached hydrogens (primary N) is 1. The minimum absolute atomic E-state index is 0.450. The maximum atomic E-state index is 11.5. The number of rotatable bonds is 4. The summed E-state index contributed by atoms with van der Waals surface area (Å²) in [7, 11) is -1.47. The molecule has 7 heteroatoms. The van der Waals surface area contributed by atoms with Crippen LogP contribution in [0.15, 0.2) is 18.2 Å². The van der Waals surface area contributed by atoms with E-state index in [-0.39, 0.29) is 0 Å². The Morgan fingerprint density at radius 2 is 1.90 bits per heavy atom. The molecule has 0 aromatic heterocycles. The molecule has 1 aromatic carbocycles. The Balaban J connectivity index is 2.17. The number of anilines is 1. The molecule has 0 atom stereocenters. The van der Waals surface area contributed by atoms with Crippen LogP contribution in [0.1, 0.15) is 5.56 Å². The fraction of sp³-hybridized carbons (Fsp3) is 0.538. The number of piperazine rings is 1. The monoisotopic (exact) mass is 299 g/mol. The maximum Gasteiger partial charge on any atom is 0.211 e. The van der Waals surface area contributed by atoms with E-state index in [4.69, 9.17) is 10.5 Å². The van der Waals surface area contributed by atoms with Crippen molar-refractivity contribution in [2.45, 2.75) is 6.54 Å². The molecule has 2 rings (SSSR count). The van der Waals surface area contributed by atoms with Crippen molar-refractivity contribution in [2.75, 3.05) is 44.4 Å². The molecule has 0 radical (unpaired) electrons. The summed E-state index contributed by atoms with van der Waals surface area (Å²) in [6.07, 6.45) is 1.25. The highest BCUT2D eigenvalue weighted by atomic mass is 32.2. The van der Waals surface area contributed by atoms with Gasteiger partial charge in [0.2, 0.25) is 10.0 Å². The van der Waals surface area contributed by atoms with Crippen LogP contribution >= 0.6 is 0 Å². The van der Waals surface area contributed by atoms with Gasteiger partial charge in [0.25, 0.3) is 0 Å². The standard InChI is InChI=1S/C13H21N3O3S/c1-19-12-4-3-11(10-14)13(9-12)15-5-7-16(8-6-15)20(2,17)18/h3-4,9H,5-8,10,14H2,1-2H3. The molecule has 1 aliphatic heterocycles. The second-order valence-corrected chi connectivity index (χ2v) is 6.83. The Hall–Kier alpha value is -1.31. The number of ether oxygens (including phenoxy) is 1. The smallest absolute Gasteiger partial charge is 0.211 e. The van der Waals surface area contributed by atoms with E-state index in [2.05, 4.69) is 4.90 Å². The second kappa shape index (κ2) is 5.99. The van der Waals surface area contributed by atoms with Crippen LogP contribution in [0.2, 0.25) is 0 Å². The zero-order chi connectivity index (χ0) is 14.8. The molecule has 6 nitrogen and oxygen atoms in total. The predicted octanol–water partition coefficient (Wildman–Crippen LogP) is 0.236. The lowest BCUT2D eigenvalue weighted by Crippen LogP contribution is -2.48. The highest BCUT2D eigenvalue weighted by Crippen LogP contribution is 2.27. The Labute approximate surface area is 120 Å². The van der Waals surface area contributed by atoms with Crippen molar-refractivity contribution >= 4 is 15.7 Å². The Morgan fingerprint density at radius 1 is 1.25 bits per heavy atom. The van der Waals surface area contributed by atoms with E-state index in [1.54, 1.807) is 7.11 Å². The molecule has 0 aliphatic carbocycles. The fourth-order valence-electron chi connectivity index (χ4n) is 2.40. The van der Waals surface area contributed by atoms with Gasteiger partial charge in [0, 0.05) is 44.5 Å². The summed E-state index contributed by atoms with van der Waals surface area (Å²) in [5.74, 6) is 0.780. The summed E-state index contributed by atoms with van der Waals surface area (Å²) in [5.41, 5.74) is 7.84. The zero-order valence-corrected chi connectivity index (χ0v) is 12.7. The summed E-state index contributed by atoms with van der Waals surface area (Å²) in [4.78, 5) is 2.16. The molecular weight excluding hydrogens is 278 g/mol. The zero-order valence-electron chi connectivity index (χ0n) is 11.9. The van der Waals surface area contributed by atoms with E-state index < -0.39 is 10.0 Å². The third kappa shape index (κ3) is 3.23. The van der Waals surface area contributed by atoms with Crippen molar-refractivity contribution in [3.63, 3.8) is 0 Å². The van der Waals surface area contributed by atoms with Gasteiger partial charge < -0.3 is 15.4 Å². The van der Waals surface area contributed by atoms with Crippen molar-refractivity contribution in [3.05, 3.63) is 23.8 Å². The van der Waals surface area contributed by atoms with E-state index >= 15 is 0 Å². The molecule has 1 aliphatic rings. The van der Waals surface area contributed by atoms with Gasteiger partial charge >= 0.3 is 0 Å². The van der Waals surface area contributed by atoms with Crippen LogP contribution in [0.3, 0.4) is 0 Å². The first-order chi connectivity index (χ1) is 9.45. The van der Waals surface area contributed by atoms with Gasteiger partial charge in [-0.25, -0.2) is 8.42 Å². The van der Waals surface area contributed by atoms with Gasteiger partial charge in [-0.05, 0) is 11.6 Å². The summed E-state index contributed by atoms with van der Waals surface area (Å²) < 4.78 is 29.8. The maximum absolute atomic E-state index is 11.5. The minimum Gasteiger partial charge on any atom is -0.497 e. The van der Waals surface area contributed by atoms with E-state index in [0.717, 1.165) is 17.0 Å². The average Bonchev–Trinajstić information content (AvgIpc) is 2.45. The van der Waals surface area contributed by atoms with Crippen molar-refractivity contribution < 1.29 is 13.2 Å². The van der Waals surface area contributed by atoms with Crippen molar-refractivity contribution in [1.82, 2.24) is 4.31 Å². The molecule has 0 bridgehead atoms. The number of hydrogen-bond acceptors (Lipinski definition) is 5. The first kappa shape index (κ1) is 15.1. The third-order valence-corrected chi connectivity index (χ3v) is 4.86. The highest BCUT2D eigenvalue weighted by Gasteiger charge is 2.24. The van der Waals surface area contributed by atoms with Crippen LogP contribution in [-0.4, -0.2) is 52.3 Å². The summed E-state index contributed by atoms with van der Waals surface area (Å²) in [6, 6.07) is 5.80. The molecule has 0 saturated carbocycles. The Morgan fingerprint density at radius 3 is 2.40 bits per heavy atom. The highest BCUT2D eigenvalue weighted by molar-refractivity contribution is 7.88. The van der Waals surface area contributed by atoms with Crippen LogP contribution in [0, 0.1) is 0 Å². The topological polar surface area (TPSA) is 75.9 Å². The van der Waals surface area contributed by atoms with Crippen LogP contribution in [0.5, 0.6) is 5.75 Å². The molecule has 1 saturated heterocycles. The predicted molar refractivity (Wildman–Crippen MR) is 79.5 cm³/mol. The van der Waals surface area contributed by atoms with E-state index in [0.29, 0.717) is 32.7 Å². The van der Waals surface area contributed by atoms with Gasteiger partial charge in [-0.2, -0.15) is 4.31 Å². The lowest BCUT2D eigenvalue weighted by molar-refractivity contribution is 0.386. The molecule has 2 N–H and O–H groups in total. The SMILES string of the molecule is COc1ccc(CN)c(N2CCN(S(C)(=O)=O)CC2)c1.